The van der Waals surface area contributed by atoms with Crippen molar-refractivity contribution < 1.29 is 31.0 Å². The monoisotopic (exact) mass is 139 g/mol. The largest absolute Gasteiger partial charge is 1.00 e. The van der Waals surface area contributed by atoms with Crippen LogP contribution in [0.5, 0.6) is 0 Å². The number of rotatable bonds is 0. The molecule has 0 amide bonds. The van der Waals surface area contributed by atoms with Gasteiger partial charge in [-0.25, -0.2) is 4.98 Å². The van der Waals surface area contributed by atoms with Crippen LogP contribution in [-0.4, -0.2) is 15.2 Å². The second kappa shape index (κ2) is 3.40. The number of hydrogen-bond acceptors (Lipinski definition) is 2. The molecule has 0 bridgehead atoms. The molecule has 0 saturated heterocycles. The first-order valence-corrected chi connectivity index (χ1v) is 2.31. The van der Waals surface area contributed by atoms with E-state index in [-0.39, 0.29) is 31.0 Å². The predicted molar refractivity (Wildman–Crippen MR) is 29.6 cm³/mol. The predicted octanol–water partition coefficient (Wildman–Crippen LogP) is -2.11. The molecular formula is C3H6N3NaS. The molecule has 5 heteroatoms. The third kappa shape index (κ3) is 2.09. The van der Waals surface area contributed by atoms with Crippen LogP contribution in [0, 0.1) is 11.7 Å². The van der Waals surface area contributed by atoms with Gasteiger partial charge in [0.2, 0.25) is 4.77 Å². The Morgan fingerprint density at radius 2 is 2.25 bits per heavy atom. The van der Waals surface area contributed by atoms with Crippen LogP contribution in [-0.2, 0) is 0 Å². The molecule has 0 aliphatic carbocycles. The van der Waals surface area contributed by atoms with Crippen LogP contribution in [0.2, 0.25) is 0 Å². The van der Waals surface area contributed by atoms with Crippen molar-refractivity contribution in [2.24, 2.45) is 0 Å². The standard InChI is InChI=1S/C3H5N3S.Na.H/c1-2-4-3(7)6-5-2;;/h1H3,(H2,4,5,6,7);;/q;+1;-1. The molecule has 8 heavy (non-hydrogen) atoms. The van der Waals surface area contributed by atoms with Crippen molar-refractivity contribution in [3.8, 4) is 0 Å². The smallest absolute Gasteiger partial charge is 1.00 e. The van der Waals surface area contributed by atoms with E-state index < -0.39 is 0 Å². The number of nitrogens with one attached hydrogen (secondary N) is 2. The summed E-state index contributed by atoms with van der Waals surface area (Å²) in [6.45, 7) is 1.84. The van der Waals surface area contributed by atoms with Crippen molar-refractivity contribution in [1.82, 2.24) is 15.2 Å². The quantitative estimate of drug-likeness (QED) is 0.319. The summed E-state index contributed by atoms with van der Waals surface area (Å²) in [7, 11) is 0. The summed E-state index contributed by atoms with van der Waals surface area (Å²) in [6, 6.07) is 0. The van der Waals surface area contributed by atoms with Gasteiger partial charge in [-0.3, -0.25) is 10.2 Å². The van der Waals surface area contributed by atoms with Crippen LogP contribution in [0.4, 0.5) is 0 Å². The van der Waals surface area contributed by atoms with Crippen molar-refractivity contribution in [3.63, 3.8) is 0 Å². The normalized spacial score (nSPS) is 8.12. The topological polar surface area (TPSA) is 44.5 Å². The summed E-state index contributed by atoms with van der Waals surface area (Å²) in [5, 5.41) is 5.38. The van der Waals surface area contributed by atoms with E-state index >= 15 is 0 Å². The van der Waals surface area contributed by atoms with Crippen molar-refractivity contribution in [3.05, 3.63) is 10.6 Å². The number of H-pyrrole nitrogens is 2. The van der Waals surface area contributed by atoms with Crippen molar-refractivity contribution in [1.29, 1.82) is 0 Å². The van der Waals surface area contributed by atoms with Gasteiger partial charge in [-0.05, 0) is 19.1 Å². The van der Waals surface area contributed by atoms with Crippen LogP contribution in [0.15, 0.2) is 0 Å². The Kier molecular flexibility index (Phi) is 3.55. The fourth-order valence-corrected chi connectivity index (χ4v) is 0.540. The number of aryl methyl sites for hydroxylation is 1. The molecule has 0 saturated carbocycles. The summed E-state index contributed by atoms with van der Waals surface area (Å²) >= 11 is 4.63. The Balaban J connectivity index is 0. The van der Waals surface area contributed by atoms with Gasteiger partial charge in [0, 0.05) is 0 Å². The van der Waals surface area contributed by atoms with Gasteiger partial charge in [0.25, 0.3) is 0 Å². The zero-order valence-electron chi connectivity index (χ0n) is 5.86. The van der Waals surface area contributed by atoms with E-state index in [0.717, 1.165) is 5.82 Å². The zero-order valence-corrected chi connectivity index (χ0v) is 7.67. The molecule has 1 aromatic heterocycles. The minimum atomic E-state index is 0. The maximum absolute atomic E-state index is 4.63. The zero-order chi connectivity index (χ0) is 5.28. The van der Waals surface area contributed by atoms with E-state index in [2.05, 4.69) is 27.4 Å². The summed E-state index contributed by atoms with van der Waals surface area (Å²) in [5.41, 5.74) is 0. The van der Waals surface area contributed by atoms with Crippen molar-refractivity contribution in [2.45, 2.75) is 6.92 Å². The van der Waals surface area contributed by atoms with Crippen LogP contribution >= 0.6 is 12.2 Å². The average Bonchev–Trinajstić information content (AvgIpc) is 1.87. The number of aromatic nitrogens is 3. The molecule has 1 heterocycles. The van der Waals surface area contributed by atoms with Gasteiger partial charge in [-0.2, -0.15) is 0 Å². The van der Waals surface area contributed by atoms with E-state index in [1.54, 1.807) is 0 Å². The molecule has 0 aliphatic rings. The third-order valence-electron chi connectivity index (χ3n) is 0.620. The Morgan fingerprint density at radius 1 is 1.62 bits per heavy atom. The van der Waals surface area contributed by atoms with E-state index in [1.165, 1.54) is 0 Å². The van der Waals surface area contributed by atoms with E-state index in [1.807, 2.05) is 6.92 Å². The molecule has 0 aliphatic heterocycles. The summed E-state index contributed by atoms with van der Waals surface area (Å²) in [5.74, 6) is 0.824. The molecule has 0 atom stereocenters. The van der Waals surface area contributed by atoms with E-state index in [9.17, 15) is 0 Å². The minimum Gasteiger partial charge on any atom is -1.00 e. The van der Waals surface area contributed by atoms with Crippen molar-refractivity contribution in [2.75, 3.05) is 0 Å². The van der Waals surface area contributed by atoms with Crippen LogP contribution in [0.3, 0.4) is 0 Å². The molecule has 40 valence electrons. The molecule has 0 radical (unpaired) electrons. The van der Waals surface area contributed by atoms with Crippen LogP contribution < -0.4 is 29.6 Å². The molecule has 1 rings (SSSR count). The average molecular weight is 139 g/mol. The van der Waals surface area contributed by atoms with Crippen LogP contribution in [0.1, 0.15) is 7.25 Å². The number of hydrogen-bond donors (Lipinski definition) is 2. The summed E-state index contributed by atoms with van der Waals surface area (Å²) in [4.78, 5) is 3.81. The summed E-state index contributed by atoms with van der Waals surface area (Å²) < 4.78 is 0.512. The third-order valence-corrected chi connectivity index (χ3v) is 0.813. The number of aromatic amines is 2. The van der Waals surface area contributed by atoms with Crippen LogP contribution in [0.25, 0.3) is 0 Å². The Hall–Kier alpha value is 0.360. The van der Waals surface area contributed by atoms with Gasteiger partial charge in [-0.15, -0.1) is 0 Å². The first kappa shape index (κ1) is 8.36. The van der Waals surface area contributed by atoms with Gasteiger partial charge < -0.3 is 1.43 Å². The fraction of sp³-hybridized carbons (Fsp3) is 0.333. The van der Waals surface area contributed by atoms with Gasteiger partial charge in [0.05, 0.1) is 0 Å². The Morgan fingerprint density at radius 3 is 2.38 bits per heavy atom. The molecule has 0 spiro atoms. The van der Waals surface area contributed by atoms with E-state index in [0.29, 0.717) is 4.77 Å². The molecule has 2 N–H and O–H groups in total. The molecule has 0 aromatic carbocycles. The van der Waals surface area contributed by atoms with Gasteiger partial charge in [-0.1, -0.05) is 0 Å². The maximum atomic E-state index is 4.63. The van der Waals surface area contributed by atoms with Crippen molar-refractivity contribution >= 4 is 12.2 Å². The molecule has 0 fully saturated rings. The van der Waals surface area contributed by atoms with Gasteiger partial charge in [0.15, 0.2) is 0 Å². The molecular weight excluding hydrogens is 133 g/mol. The van der Waals surface area contributed by atoms with Gasteiger partial charge in [0.1, 0.15) is 5.82 Å². The van der Waals surface area contributed by atoms with E-state index in [4.69, 9.17) is 0 Å². The minimum absolute atomic E-state index is 0. The second-order valence-electron chi connectivity index (χ2n) is 1.25. The number of nitrogens with zero attached hydrogens (tertiary/aromatic N) is 1. The first-order chi connectivity index (χ1) is 3.29. The van der Waals surface area contributed by atoms with Gasteiger partial charge >= 0.3 is 29.6 Å². The fourth-order valence-electron chi connectivity index (χ4n) is 0.352. The first-order valence-electron chi connectivity index (χ1n) is 1.90. The Bertz CT molecular complexity index is 207. The molecule has 0 unspecified atom stereocenters. The Labute approximate surface area is 75.7 Å². The molecule has 3 nitrogen and oxygen atoms in total. The maximum Gasteiger partial charge on any atom is 1.00 e. The SMILES string of the molecule is Cc1nc(=S)[nH][nH]1.[H-].[Na+]. The second-order valence-corrected chi connectivity index (χ2v) is 1.64. The summed E-state index contributed by atoms with van der Waals surface area (Å²) in [6.07, 6.45) is 0. The molecule has 1 aromatic rings.